The van der Waals surface area contributed by atoms with Gasteiger partial charge in [-0.25, -0.2) is 4.79 Å². The summed E-state index contributed by atoms with van der Waals surface area (Å²) in [4.78, 5) is 32.5. The van der Waals surface area contributed by atoms with Crippen molar-refractivity contribution in [2.75, 3.05) is 0 Å². The van der Waals surface area contributed by atoms with Gasteiger partial charge in [0, 0.05) is 0 Å². The fourth-order valence-electron chi connectivity index (χ4n) is 5.61. The zero-order chi connectivity index (χ0) is 24.2. The quantitative estimate of drug-likeness (QED) is 0.436. The van der Waals surface area contributed by atoms with E-state index < -0.39 is 11.6 Å². The van der Waals surface area contributed by atoms with E-state index in [1.165, 1.54) is 0 Å². The van der Waals surface area contributed by atoms with Crippen LogP contribution in [0.25, 0.3) is 0 Å². The average molecular weight is 455 g/mol. The SMILES string of the molecule is CCCCC1=NC2(CCC(C(C)(C)C)CC2)N(C(CCCC)c2ccc(C(=O)O)cc2)C1=O. The molecule has 0 radical (unpaired) electrons. The van der Waals surface area contributed by atoms with Crippen molar-refractivity contribution in [3.63, 3.8) is 0 Å². The number of hydrogen-bond donors (Lipinski definition) is 1. The molecule has 0 bridgehead atoms. The molecule has 1 spiro atoms. The van der Waals surface area contributed by atoms with Gasteiger partial charge in [-0.05, 0) is 74.0 Å². The van der Waals surface area contributed by atoms with Gasteiger partial charge < -0.3 is 10.0 Å². The summed E-state index contributed by atoms with van der Waals surface area (Å²) in [5.41, 5.74) is 1.85. The third kappa shape index (κ3) is 5.50. The highest BCUT2D eigenvalue weighted by molar-refractivity contribution is 6.40. The number of unbranched alkanes of at least 4 members (excludes halogenated alkanes) is 2. The molecule has 3 rings (SSSR count). The van der Waals surface area contributed by atoms with Crippen molar-refractivity contribution in [1.82, 2.24) is 4.90 Å². The van der Waals surface area contributed by atoms with Crippen LogP contribution < -0.4 is 0 Å². The van der Waals surface area contributed by atoms with Crippen molar-refractivity contribution in [3.8, 4) is 0 Å². The second-order valence-electron chi connectivity index (χ2n) is 11.0. The van der Waals surface area contributed by atoms with Gasteiger partial charge in [-0.3, -0.25) is 9.79 Å². The number of aliphatic imine (C=N–C) groups is 1. The monoisotopic (exact) mass is 454 g/mol. The Morgan fingerprint density at radius 2 is 1.73 bits per heavy atom. The number of aromatic carboxylic acids is 1. The molecule has 1 saturated carbocycles. The lowest BCUT2D eigenvalue weighted by Crippen LogP contribution is -2.51. The van der Waals surface area contributed by atoms with E-state index in [-0.39, 0.29) is 22.9 Å². The van der Waals surface area contributed by atoms with Crippen LogP contribution in [-0.2, 0) is 4.79 Å². The van der Waals surface area contributed by atoms with Crippen LogP contribution >= 0.6 is 0 Å². The van der Waals surface area contributed by atoms with E-state index in [0.29, 0.717) is 5.92 Å². The predicted octanol–water partition coefficient (Wildman–Crippen LogP) is 7.02. The molecule has 182 valence electrons. The van der Waals surface area contributed by atoms with Crippen LogP contribution in [0.5, 0.6) is 0 Å². The number of amides is 1. The third-order valence-corrected chi connectivity index (χ3v) is 7.72. The van der Waals surface area contributed by atoms with Gasteiger partial charge in [0.1, 0.15) is 11.4 Å². The number of carbonyl (C=O) groups excluding carboxylic acids is 1. The Kier molecular flexibility index (Phi) is 8.02. The van der Waals surface area contributed by atoms with Crippen LogP contribution in [-0.4, -0.2) is 33.3 Å². The van der Waals surface area contributed by atoms with Gasteiger partial charge >= 0.3 is 5.97 Å². The zero-order valence-electron chi connectivity index (χ0n) is 21.2. The number of carbonyl (C=O) groups is 2. The molecule has 1 atom stereocenters. The highest BCUT2D eigenvalue weighted by Gasteiger charge is 2.52. The normalized spacial score (nSPS) is 24.3. The van der Waals surface area contributed by atoms with Crippen LogP contribution in [0.1, 0.15) is 121 Å². The van der Waals surface area contributed by atoms with Crippen LogP contribution in [0.2, 0.25) is 0 Å². The fourth-order valence-corrected chi connectivity index (χ4v) is 5.61. The minimum Gasteiger partial charge on any atom is -0.478 e. The van der Waals surface area contributed by atoms with E-state index in [4.69, 9.17) is 4.99 Å². The Labute approximate surface area is 199 Å². The van der Waals surface area contributed by atoms with Gasteiger partial charge in [-0.2, -0.15) is 0 Å². The Morgan fingerprint density at radius 1 is 1.12 bits per heavy atom. The summed E-state index contributed by atoms with van der Waals surface area (Å²) in [6, 6.07) is 7.05. The zero-order valence-corrected chi connectivity index (χ0v) is 21.2. The van der Waals surface area contributed by atoms with Crippen LogP contribution in [0, 0.1) is 11.3 Å². The first-order chi connectivity index (χ1) is 15.6. The van der Waals surface area contributed by atoms with Crippen LogP contribution in [0.4, 0.5) is 0 Å². The van der Waals surface area contributed by atoms with Crippen LogP contribution in [0.15, 0.2) is 29.3 Å². The first kappa shape index (κ1) is 25.5. The maximum absolute atomic E-state index is 13.8. The van der Waals surface area contributed by atoms with Crippen molar-refractivity contribution in [1.29, 1.82) is 0 Å². The fraction of sp³-hybridized carbons (Fsp3) is 0.679. The van der Waals surface area contributed by atoms with Gasteiger partial charge in [0.05, 0.1) is 11.6 Å². The lowest BCUT2D eigenvalue weighted by atomic mass is 9.69. The molecule has 1 unspecified atom stereocenters. The molecule has 5 heteroatoms. The second-order valence-corrected chi connectivity index (χ2v) is 11.0. The van der Waals surface area contributed by atoms with Gasteiger partial charge in [0.15, 0.2) is 0 Å². The summed E-state index contributed by atoms with van der Waals surface area (Å²) < 4.78 is 0. The number of benzene rings is 1. The molecule has 0 saturated heterocycles. The molecule has 33 heavy (non-hydrogen) atoms. The number of nitrogens with zero attached hydrogens (tertiary/aromatic N) is 2. The minimum atomic E-state index is -0.925. The number of rotatable bonds is 9. The van der Waals surface area contributed by atoms with E-state index in [2.05, 4.69) is 39.5 Å². The van der Waals surface area contributed by atoms with Gasteiger partial charge in [-0.15, -0.1) is 0 Å². The molecule has 5 nitrogen and oxygen atoms in total. The van der Waals surface area contributed by atoms with E-state index >= 15 is 0 Å². The van der Waals surface area contributed by atoms with Gasteiger partial charge in [0.25, 0.3) is 5.91 Å². The third-order valence-electron chi connectivity index (χ3n) is 7.72. The van der Waals surface area contributed by atoms with E-state index in [0.717, 1.165) is 75.5 Å². The molecular weight excluding hydrogens is 412 g/mol. The average Bonchev–Trinajstić information content (AvgIpc) is 3.03. The summed E-state index contributed by atoms with van der Waals surface area (Å²) in [6.45, 7) is 11.3. The minimum absolute atomic E-state index is 0.0747. The van der Waals surface area contributed by atoms with Gasteiger partial charge in [0.2, 0.25) is 0 Å². The van der Waals surface area contributed by atoms with Crippen molar-refractivity contribution >= 4 is 17.6 Å². The highest BCUT2D eigenvalue weighted by Crippen LogP contribution is 2.49. The Hall–Kier alpha value is -2.17. The summed E-state index contributed by atoms with van der Waals surface area (Å²) in [6.07, 6.45) is 9.68. The summed E-state index contributed by atoms with van der Waals surface area (Å²) >= 11 is 0. The van der Waals surface area contributed by atoms with Gasteiger partial charge in [-0.1, -0.05) is 66.0 Å². The standard InChI is InChI=1S/C28H42N2O3/c1-6-8-10-23-25(31)30(28(29-23)18-16-22(17-19-28)27(3,4)5)24(11-9-7-2)20-12-14-21(15-13-20)26(32)33/h12-15,22,24H,6-11,16-19H2,1-5H3,(H,32,33). The molecular formula is C28H42N2O3. The first-order valence-corrected chi connectivity index (χ1v) is 12.9. The van der Waals surface area contributed by atoms with Crippen LogP contribution in [0.3, 0.4) is 0 Å². The van der Waals surface area contributed by atoms with Crippen molar-refractivity contribution in [2.45, 2.75) is 111 Å². The van der Waals surface area contributed by atoms with Crippen molar-refractivity contribution in [2.24, 2.45) is 16.3 Å². The summed E-state index contributed by atoms with van der Waals surface area (Å²) in [5, 5.41) is 9.33. The molecule has 1 aliphatic carbocycles. The lowest BCUT2D eigenvalue weighted by Gasteiger charge is -2.47. The number of carboxylic acid groups (broad SMARTS) is 1. The Bertz CT molecular complexity index is 858. The van der Waals surface area contributed by atoms with E-state index in [1.54, 1.807) is 12.1 Å². The topological polar surface area (TPSA) is 70.0 Å². The largest absolute Gasteiger partial charge is 0.478 e. The molecule has 1 aliphatic heterocycles. The Morgan fingerprint density at radius 3 is 2.24 bits per heavy atom. The smallest absolute Gasteiger partial charge is 0.335 e. The molecule has 1 fully saturated rings. The number of carboxylic acids is 1. The molecule has 1 heterocycles. The molecule has 0 aromatic heterocycles. The first-order valence-electron chi connectivity index (χ1n) is 12.9. The van der Waals surface area contributed by atoms with Crippen molar-refractivity contribution < 1.29 is 14.7 Å². The summed E-state index contributed by atoms with van der Waals surface area (Å²) in [7, 11) is 0. The molecule has 2 aliphatic rings. The Balaban J connectivity index is 1.98. The van der Waals surface area contributed by atoms with E-state index in [1.807, 2.05) is 12.1 Å². The second kappa shape index (κ2) is 10.4. The molecule has 1 amide bonds. The summed E-state index contributed by atoms with van der Waals surface area (Å²) in [5.74, 6) is -0.189. The molecule has 1 aromatic rings. The maximum Gasteiger partial charge on any atom is 0.335 e. The molecule has 1 aromatic carbocycles. The lowest BCUT2D eigenvalue weighted by molar-refractivity contribution is -0.134. The predicted molar refractivity (Wildman–Crippen MR) is 134 cm³/mol. The van der Waals surface area contributed by atoms with E-state index in [9.17, 15) is 14.7 Å². The number of hydrogen-bond acceptors (Lipinski definition) is 3. The highest BCUT2D eigenvalue weighted by atomic mass is 16.4. The molecule has 1 N–H and O–H groups in total. The maximum atomic E-state index is 13.8. The van der Waals surface area contributed by atoms with Crippen molar-refractivity contribution in [3.05, 3.63) is 35.4 Å².